The van der Waals surface area contributed by atoms with Crippen molar-refractivity contribution in [3.63, 3.8) is 0 Å². The molecule has 0 bridgehead atoms. The normalized spacial score (nSPS) is 12.8. The van der Waals surface area contributed by atoms with Gasteiger partial charge in [0, 0.05) is 16.6 Å². The Morgan fingerprint density at radius 3 is 1.36 bits per heavy atom. The number of carbonyl (C=O) groups is 4. The van der Waals surface area contributed by atoms with Crippen LogP contribution in [0.2, 0.25) is 0 Å². The standard InChI is InChI=1S/C44H54N2O10/c1-31(2)40(47)53-25-23-45-42(49)55-29-27-51-38-19-15-36(16-20-38)44(5,35-13-11-34(12-14-35)33-9-7-6-8-10-33)37-17-21-39(22-18-37)52-28-30-56-43(50)46-24-26-54-41(48)32(3)4/h11-22,33H,1,3,6-10,23-30H2,2,4-5H3,(H,45,49)(H,46,50). The lowest BCUT2D eigenvalue weighted by atomic mass is 9.70. The highest BCUT2D eigenvalue weighted by molar-refractivity contribution is 5.87. The molecule has 0 aromatic heterocycles. The average molecular weight is 771 g/mol. The Kier molecular flexibility index (Phi) is 16.8. The highest BCUT2D eigenvalue weighted by atomic mass is 16.6. The summed E-state index contributed by atoms with van der Waals surface area (Å²) >= 11 is 0. The van der Waals surface area contributed by atoms with Crippen LogP contribution in [0.5, 0.6) is 11.5 Å². The van der Waals surface area contributed by atoms with E-state index in [9.17, 15) is 19.2 Å². The first kappa shape index (κ1) is 43.0. The maximum absolute atomic E-state index is 12.0. The minimum absolute atomic E-state index is 0.0168. The Balaban J connectivity index is 1.35. The van der Waals surface area contributed by atoms with Gasteiger partial charge in [0.05, 0.1) is 13.1 Å². The molecule has 1 fully saturated rings. The number of carbonyl (C=O) groups excluding carboxylic acids is 4. The van der Waals surface area contributed by atoms with E-state index in [2.05, 4.69) is 55.0 Å². The van der Waals surface area contributed by atoms with E-state index in [0.717, 1.165) is 16.7 Å². The number of hydrogen-bond acceptors (Lipinski definition) is 10. The van der Waals surface area contributed by atoms with E-state index >= 15 is 0 Å². The van der Waals surface area contributed by atoms with Crippen molar-refractivity contribution in [3.05, 3.63) is 119 Å². The number of benzene rings is 3. The fraction of sp³-hybridized carbons (Fsp3) is 0.409. The summed E-state index contributed by atoms with van der Waals surface area (Å²) in [4.78, 5) is 46.8. The van der Waals surface area contributed by atoms with Crippen molar-refractivity contribution in [2.24, 2.45) is 0 Å². The van der Waals surface area contributed by atoms with E-state index in [0.29, 0.717) is 17.4 Å². The topological polar surface area (TPSA) is 148 Å². The quantitative estimate of drug-likeness (QED) is 0.0388. The van der Waals surface area contributed by atoms with Crippen molar-refractivity contribution >= 4 is 24.1 Å². The van der Waals surface area contributed by atoms with Gasteiger partial charge in [0.1, 0.15) is 51.1 Å². The fourth-order valence-corrected chi connectivity index (χ4v) is 6.32. The van der Waals surface area contributed by atoms with Crippen LogP contribution in [0.4, 0.5) is 9.59 Å². The van der Waals surface area contributed by atoms with Gasteiger partial charge in [0.2, 0.25) is 0 Å². The molecular formula is C44H54N2O10. The molecule has 0 saturated heterocycles. The van der Waals surface area contributed by atoms with Crippen molar-refractivity contribution < 1.29 is 47.6 Å². The van der Waals surface area contributed by atoms with Crippen LogP contribution in [-0.2, 0) is 34.0 Å². The van der Waals surface area contributed by atoms with Gasteiger partial charge >= 0.3 is 24.1 Å². The van der Waals surface area contributed by atoms with Gasteiger partial charge in [-0.1, -0.05) is 81.0 Å². The monoisotopic (exact) mass is 770 g/mol. The Morgan fingerprint density at radius 2 is 0.964 bits per heavy atom. The highest BCUT2D eigenvalue weighted by Crippen LogP contribution is 2.41. The molecule has 0 aliphatic heterocycles. The van der Waals surface area contributed by atoms with E-state index in [1.54, 1.807) is 13.8 Å². The van der Waals surface area contributed by atoms with Gasteiger partial charge in [0.25, 0.3) is 0 Å². The number of ether oxygens (including phenoxy) is 6. The maximum atomic E-state index is 12.0. The first-order valence-corrected chi connectivity index (χ1v) is 19.0. The second-order valence-corrected chi connectivity index (χ2v) is 13.8. The van der Waals surface area contributed by atoms with Crippen LogP contribution < -0.4 is 20.1 Å². The van der Waals surface area contributed by atoms with Gasteiger partial charge < -0.3 is 39.1 Å². The zero-order valence-electron chi connectivity index (χ0n) is 32.7. The van der Waals surface area contributed by atoms with E-state index in [1.807, 2.05) is 48.5 Å². The number of nitrogens with one attached hydrogen (secondary N) is 2. The minimum atomic E-state index is -0.634. The number of amides is 2. The lowest BCUT2D eigenvalue weighted by Gasteiger charge is -2.33. The molecule has 56 heavy (non-hydrogen) atoms. The van der Waals surface area contributed by atoms with Gasteiger partial charge in [-0.3, -0.25) is 0 Å². The Labute approximate surface area is 329 Å². The first-order valence-electron chi connectivity index (χ1n) is 19.0. The highest BCUT2D eigenvalue weighted by Gasteiger charge is 2.32. The van der Waals surface area contributed by atoms with Gasteiger partial charge in [-0.15, -0.1) is 0 Å². The molecule has 2 N–H and O–H groups in total. The zero-order chi connectivity index (χ0) is 40.3. The molecule has 3 aromatic rings. The molecule has 0 radical (unpaired) electrons. The van der Waals surface area contributed by atoms with Crippen molar-refractivity contribution in [2.75, 3.05) is 52.7 Å². The number of esters is 2. The van der Waals surface area contributed by atoms with Gasteiger partial charge in [-0.05, 0) is 86.1 Å². The molecular weight excluding hydrogens is 716 g/mol. The van der Waals surface area contributed by atoms with Gasteiger partial charge in [-0.25, -0.2) is 19.2 Å². The third-order valence-electron chi connectivity index (χ3n) is 9.50. The van der Waals surface area contributed by atoms with Crippen LogP contribution in [0.15, 0.2) is 97.1 Å². The van der Waals surface area contributed by atoms with E-state index in [1.165, 1.54) is 37.7 Å². The first-order chi connectivity index (χ1) is 27.0. The molecule has 1 aliphatic rings. The average Bonchev–Trinajstić information content (AvgIpc) is 3.21. The van der Waals surface area contributed by atoms with Crippen molar-refractivity contribution in [3.8, 4) is 11.5 Å². The summed E-state index contributed by atoms with van der Waals surface area (Å²) in [6, 6.07) is 24.8. The van der Waals surface area contributed by atoms with E-state index in [-0.39, 0.29) is 63.9 Å². The van der Waals surface area contributed by atoms with Crippen molar-refractivity contribution in [2.45, 2.75) is 64.2 Å². The number of alkyl carbamates (subject to hydrolysis) is 2. The van der Waals surface area contributed by atoms with Crippen LogP contribution in [0.1, 0.15) is 81.0 Å². The Hall–Kier alpha value is -5.78. The van der Waals surface area contributed by atoms with Crippen LogP contribution in [-0.4, -0.2) is 76.9 Å². The SMILES string of the molecule is C=C(C)C(=O)OCCNC(=O)OCCOc1ccc(C(C)(c2ccc(OCCOC(=O)NCCOC(=O)C(=C)C)cc2)c2ccc(C3CCCCC3)cc2)cc1. The predicted molar refractivity (Wildman–Crippen MR) is 212 cm³/mol. The van der Waals surface area contributed by atoms with Crippen LogP contribution in [0, 0.1) is 0 Å². The fourth-order valence-electron chi connectivity index (χ4n) is 6.32. The lowest BCUT2D eigenvalue weighted by Crippen LogP contribution is -2.29. The Bertz CT molecular complexity index is 1670. The smallest absolute Gasteiger partial charge is 0.407 e. The minimum Gasteiger partial charge on any atom is -0.490 e. The van der Waals surface area contributed by atoms with Gasteiger partial charge in [0.15, 0.2) is 0 Å². The second kappa shape index (κ2) is 21.9. The number of hydrogen-bond donors (Lipinski definition) is 2. The molecule has 2 amide bonds. The van der Waals surface area contributed by atoms with Gasteiger partial charge in [-0.2, -0.15) is 0 Å². The summed E-state index contributed by atoms with van der Waals surface area (Å²) in [5.41, 5.74) is 4.68. The van der Waals surface area contributed by atoms with Crippen LogP contribution in [0.25, 0.3) is 0 Å². The summed E-state index contributed by atoms with van der Waals surface area (Å²) in [7, 11) is 0. The molecule has 4 rings (SSSR count). The second-order valence-electron chi connectivity index (χ2n) is 13.8. The van der Waals surface area contributed by atoms with Crippen LogP contribution in [0.3, 0.4) is 0 Å². The largest absolute Gasteiger partial charge is 0.490 e. The lowest BCUT2D eigenvalue weighted by molar-refractivity contribution is -0.139. The molecule has 1 saturated carbocycles. The number of rotatable bonds is 20. The Morgan fingerprint density at radius 1 is 0.571 bits per heavy atom. The van der Waals surface area contributed by atoms with Crippen LogP contribution >= 0.6 is 0 Å². The molecule has 0 heterocycles. The van der Waals surface area contributed by atoms with Crippen molar-refractivity contribution in [1.82, 2.24) is 10.6 Å². The predicted octanol–water partition coefficient (Wildman–Crippen LogP) is 7.54. The molecule has 0 atom stereocenters. The molecule has 3 aromatic carbocycles. The van der Waals surface area contributed by atoms with E-state index in [4.69, 9.17) is 28.4 Å². The zero-order valence-corrected chi connectivity index (χ0v) is 32.7. The molecule has 300 valence electrons. The summed E-state index contributed by atoms with van der Waals surface area (Å²) in [6.45, 7) is 13.0. The van der Waals surface area contributed by atoms with Crippen molar-refractivity contribution in [1.29, 1.82) is 0 Å². The maximum Gasteiger partial charge on any atom is 0.407 e. The molecule has 12 heteroatoms. The molecule has 0 spiro atoms. The third kappa shape index (κ3) is 13.2. The molecule has 12 nitrogen and oxygen atoms in total. The summed E-state index contributed by atoms with van der Waals surface area (Å²) in [5, 5.41) is 5.04. The summed E-state index contributed by atoms with van der Waals surface area (Å²) in [5.74, 6) is 0.826. The molecule has 1 aliphatic carbocycles. The molecule has 0 unspecified atom stereocenters. The van der Waals surface area contributed by atoms with E-state index < -0.39 is 29.5 Å². The third-order valence-corrected chi connectivity index (χ3v) is 9.50. The summed E-state index contributed by atoms with van der Waals surface area (Å²) in [6.07, 6.45) is 5.04. The summed E-state index contributed by atoms with van der Waals surface area (Å²) < 4.78 is 31.9.